The first-order valence-corrected chi connectivity index (χ1v) is 7.69. The first-order valence-electron chi connectivity index (χ1n) is 7.69. The monoisotopic (exact) mass is 300 g/mol. The van der Waals surface area contributed by atoms with Gasteiger partial charge in [0.2, 0.25) is 0 Å². The topological polar surface area (TPSA) is 27.7 Å². The lowest BCUT2D eigenvalue weighted by Gasteiger charge is -2.25. The van der Waals surface area contributed by atoms with Crippen LogP contribution in [0, 0.1) is 0 Å². The molecule has 0 aromatic heterocycles. The molecular weight excluding hydrogens is 276 g/mol. The van der Waals surface area contributed by atoms with Crippen LogP contribution in [0.3, 0.4) is 0 Å². The van der Waals surface area contributed by atoms with Gasteiger partial charge in [0, 0.05) is 0 Å². The molecule has 0 saturated heterocycles. The maximum absolute atomic E-state index is 5.99. The van der Waals surface area contributed by atoms with Crippen molar-refractivity contribution in [1.29, 1.82) is 0 Å². The van der Waals surface area contributed by atoms with Gasteiger partial charge in [-0.05, 0) is 45.9 Å². The molecule has 0 aliphatic rings. The Bertz CT molecular complexity index is 554. The molecule has 118 valence electrons. The minimum Gasteiger partial charge on any atom is -0.457 e. The molecule has 0 radical (unpaired) electrons. The van der Waals surface area contributed by atoms with Gasteiger partial charge in [0.1, 0.15) is 11.5 Å². The van der Waals surface area contributed by atoms with E-state index in [9.17, 15) is 0 Å². The normalized spacial score (nSPS) is 11.4. The molecule has 0 fully saturated rings. The third-order valence-electron chi connectivity index (χ3n) is 2.94. The van der Waals surface area contributed by atoms with Crippen molar-refractivity contribution in [2.24, 2.45) is 0 Å². The molecule has 0 spiro atoms. The zero-order chi connectivity index (χ0) is 15.9. The van der Waals surface area contributed by atoms with E-state index >= 15 is 0 Å². The Balaban J connectivity index is 2.28. The van der Waals surface area contributed by atoms with Crippen LogP contribution in [0.1, 0.15) is 39.5 Å². The standard InChI is InChI=1S/C19H24O3/c1-14(2)20-19(21-15(3)4)17-12-8-9-13-18(17)22-16-10-6-5-7-11-16/h5-15,19H,1-4H3. The third kappa shape index (κ3) is 4.86. The number of ether oxygens (including phenoxy) is 3. The Hall–Kier alpha value is -1.84. The zero-order valence-electron chi connectivity index (χ0n) is 13.7. The first-order chi connectivity index (χ1) is 10.6. The summed E-state index contributed by atoms with van der Waals surface area (Å²) in [6.07, 6.45) is -0.318. The molecule has 2 aromatic rings. The lowest BCUT2D eigenvalue weighted by molar-refractivity contribution is -0.186. The van der Waals surface area contributed by atoms with Crippen LogP contribution in [0.25, 0.3) is 0 Å². The van der Waals surface area contributed by atoms with Crippen LogP contribution in [0.4, 0.5) is 0 Å². The van der Waals surface area contributed by atoms with Gasteiger partial charge in [0.15, 0.2) is 6.29 Å². The van der Waals surface area contributed by atoms with Gasteiger partial charge in [-0.15, -0.1) is 0 Å². The SMILES string of the molecule is CC(C)OC(OC(C)C)c1ccccc1Oc1ccccc1. The number of benzene rings is 2. The second kappa shape index (κ2) is 7.97. The Morgan fingerprint density at radius 2 is 1.23 bits per heavy atom. The largest absolute Gasteiger partial charge is 0.457 e. The van der Waals surface area contributed by atoms with Crippen molar-refractivity contribution >= 4 is 0 Å². The summed E-state index contributed by atoms with van der Waals surface area (Å²) in [5, 5.41) is 0. The Morgan fingerprint density at radius 1 is 0.682 bits per heavy atom. The lowest BCUT2D eigenvalue weighted by atomic mass is 10.2. The molecule has 3 heteroatoms. The van der Waals surface area contributed by atoms with Crippen molar-refractivity contribution in [3.63, 3.8) is 0 Å². The molecule has 2 rings (SSSR count). The van der Waals surface area contributed by atoms with Gasteiger partial charge < -0.3 is 14.2 Å². The molecule has 0 bridgehead atoms. The smallest absolute Gasteiger partial charge is 0.187 e. The van der Waals surface area contributed by atoms with E-state index in [1.165, 1.54) is 0 Å². The van der Waals surface area contributed by atoms with Crippen LogP contribution in [0.5, 0.6) is 11.5 Å². The molecule has 0 atom stereocenters. The summed E-state index contributed by atoms with van der Waals surface area (Å²) in [6, 6.07) is 17.5. The first kappa shape index (κ1) is 16.5. The summed E-state index contributed by atoms with van der Waals surface area (Å²) in [5.41, 5.74) is 0.897. The van der Waals surface area contributed by atoms with Crippen LogP contribution in [-0.2, 0) is 9.47 Å². The molecule has 0 N–H and O–H groups in total. The van der Waals surface area contributed by atoms with Gasteiger partial charge in [-0.3, -0.25) is 0 Å². The van der Waals surface area contributed by atoms with Gasteiger partial charge in [-0.1, -0.05) is 36.4 Å². The fourth-order valence-electron chi connectivity index (χ4n) is 2.06. The third-order valence-corrected chi connectivity index (χ3v) is 2.94. The maximum atomic E-state index is 5.99. The van der Waals surface area contributed by atoms with Gasteiger partial charge in [0.25, 0.3) is 0 Å². The minimum atomic E-state index is -0.445. The van der Waals surface area contributed by atoms with Crippen molar-refractivity contribution in [2.75, 3.05) is 0 Å². The average Bonchev–Trinajstić information content (AvgIpc) is 2.47. The van der Waals surface area contributed by atoms with E-state index in [0.717, 1.165) is 17.1 Å². The second-order valence-electron chi connectivity index (χ2n) is 5.65. The molecule has 22 heavy (non-hydrogen) atoms. The predicted molar refractivity (Wildman–Crippen MR) is 88.1 cm³/mol. The van der Waals surface area contributed by atoms with Crippen LogP contribution in [0.15, 0.2) is 54.6 Å². The number of hydrogen-bond donors (Lipinski definition) is 0. The van der Waals surface area contributed by atoms with Crippen molar-refractivity contribution in [2.45, 2.75) is 46.2 Å². The fourth-order valence-corrected chi connectivity index (χ4v) is 2.06. The molecule has 0 heterocycles. The van der Waals surface area contributed by atoms with Crippen LogP contribution in [0.2, 0.25) is 0 Å². The van der Waals surface area contributed by atoms with Crippen molar-refractivity contribution < 1.29 is 14.2 Å². The highest BCUT2D eigenvalue weighted by molar-refractivity contribution is 5.38. The van der Waals surface area contributed by atoms with E-state index in [1.807, 2.05) is 82.3 Å². The molecule has 0 unspecified atom stereocenters. The van der Waals surface area contributed by atoms with Crippen molar-refractivity contribution in [3.05, 3.63) is 60.2 Å². The summed E-state index contributed by atoms with van der Waals surface area (Å²) in [7, 11) is 0. The van der Waals surface area contributed by atoms with Crippen molar-refractivity contribution in [1.82, 2.24) is 0 Å². The molecule has 0 aliphatic heterocycles. The molecule has 2 aromatic carbocycles. The van der Waals surface area contributed by atoms with Gasteiger partial charge in [0.05, 0.1) is 17.8 Å². The fraction of sp³-hybridized carbons (Fsp3) is 0.368. The van der Waals surface area contributed by atoms with E-state index < -0.39 is 6.29 Å². The number of hydrogen-bond acceptors (Lipinski definition) is 3. The zero-order valence-corrected chi connectivity index (χ0v) is 13.7. The quantitative estimate of drug-likeness (QED) is 0.647. The van der Waals surface area contributed by atoms with Crippen LogP contribution >= 0.6 is 0 Å². The van der Waals surface area contributed by atoms with E-state index in [0.29, 0.717) is 0 Å². The summed E-state index contributed by atoms with van der Waals surface area (Å²) in [4.78, 5) is 0. The summed E-state index contributed by atoms with van der Waals surface area (Å²) in [6.45, 7) is 7.99. The molecule has 3 nitrogen and oxygen atoms in total. The minimum absolute atomic E-state index is 0.0635. The highest BCUT2D eigenvalue weighted by atomic mass is 16.7. The molecule has 0 saturated carbocycles. The Labute approximate surface area is 132 Å². The highest BCUT2D eigenvalue weighted by Crippen LogP contribution is 2.33. The summed E-state index contributed by atoms with van der Waals surface area (Å²) < 4.78 is 17.8. The van der Waals surface area contributed by atoms with Crippen LogP contribution < -0.4 is 4.74 Å². The lowest BCUT2D eigenvalue weighted by Crippen LogP contribution is -2.18. The van der Waals surface area contributed by atoms with E-state index in [-0.39, 0.29) is 12.2 Å². The van der Waals surface area contributed by atoms with Crippen molar-refractivity contribution in [3.8, 4) is 11.5 Å². The Morgan fingerprint density at radius 3 is 1.82 bits per heavy atom. The predicted octanol–water partition coefficient (Wildman–Crippen LogP) is 5.33. The number of rotatable bonds is 7. The number of para-hydroxylation sites is 2. The average molecular weight is 300 g/mol. The molecule has 0 aliphatic carbocycles. The molecule has 0 amide bonds. The summed E-state index contributed by atoms with van der Waals surface area (Å²) in [5.74, 6) is 1.54. The van der Waals surface area contributed by atoms with E-state index in [2.05, 4.69) is 0 Å². The summed E-state index contributed by atoms with van der Waals surface area (Å²) >= 11 is 0. The van der Waals surface area contributed by atoms with Gasteiger partial charge >= 0.3 is 0 Å². The van der Waals surface area contributed by atoms with E-state index in [4.69, 9.17) is 14.2 Å². The van der Waals surface area contributed by atoms with Gasteiger partial charge in [-0.2, -0.15) is 0 Å². The van der Waals surface area contributed by atoms with Gasteiger partial charge in [-0.25, -0.2) is 0 Å². The van der Waals surface area contributed by atoms with E-state index in [1.54, 1.807) is 0 Å². The van der Waals surface area contributed by atoms with Crippen LogP contribution in [-0.4, -0.2) is 12.2 Å². The molecular formula is C19H24O3. The highest BCUT2D eigenvalue weighted by Gasteiger charge is 2.20. The second-order valence-corrected chi connectivity index (χ2v) is 5.65. The maximum Gasteiger partial charge on any atom is 0.187 e. The Kier molecular flexibility index (Phi) is 5.99.